The van der Waals surface area contributed by atoms with E-state index in [1.807, 2.05) is 19.1 Å². The van der Waals surface area contributed by atoms with Gasteiger partial charge >= 0.3 is 0 Å². The first-order valence-corrected chi connectivity index (χ1v) is 8.89. The van der Waals surface area contributed by atoms with E-state index in [9.17, 15) is 0 Å². The third-order valence-corrected chi connectivity index (χ3v) is 5.08. The lowest BCUT2D eigenvalue weighted by molar-refractivity contribution is 0.201. The van der Waals surface area contributed by atoms with Gasteiger partial charge in [-0.05, 0) is 58.0 Å². The molecule has 4 rings (SSSR count). The SMILES string of the molecule is Cc1nc(CN2CCC(c3cc(-c4ccncc4)n[nH]3)CC2)c(C)[nH]1. The fraction of sp³-hybridized carbons (Fsp3) is 0.421. The molecule has 0 saturated carbocycles. The normalized spacial score (nSPS) is 16.4. The number of imidazole rings is 1. The quantitative estimate of drug-likeness (QED) is 0.767. The van der Waals surface area contributed by atoms with Crippen LogP contribution in [0.3, 0.4) is 0 Å². The molecule has 6 nitrogen and oxygen atoms in total. The van der Waals surface area contributed by atoms with Crippen molar-refractivity contribution in [3.8, 4) is 11.3 Å². The van der Waals surface area contributed by atoms with Crippen molar-refractivity contribution in [1.29, 1.82) is 0 Å². The topological polar surface area (TPSA) is 73.5 Å². The first-order chi connectivity index (χ1) is 12.2. The van der Waals surface area contributed by atoms with E-state index in [0.29, 0.717) is 5.92 Å². The van der Waals surface area contributed by atoms with E-state index in [0.717, 1.165) is 49.6 Å². The van der Waals surface area contributed by atoms with E-state index < -0.39 is 0 Å². The van der Waals surface area contributed by atoms with E-state index in [-0.39, 0.29) is 0 Å². The first-order valence-electron chi connectivity index (χ1n) is 8.89. The lowest BCUT2D eigenvalue weighted by Gasteiger charge is -2.31. The maximum Gasteiger partial charge on any atom is 0.103 e. The van der Waals surface area contributed by atoms with Gasteiger partial charge in [0.2, 0.25) is 0 Å². The molecule has 0 radical (unpaired) electrons. The Morgan fingerprint density at radius 3 is 2.60 bits per heavy atom. The average molecular weight is 336 g/mol. The molecule has 0 unspecified atom stereocenters. The average Bonchev–Trinajstić information content (AvgIpc) is 3.23. The van der Waals surface area contributed by atoms with Gasteiger partial charge in [0, 0.05) is 41.8 Å². The molecule has 1 aliphatic heterocycles. The molecule has 25 heavy (non-hydrogen) atoms. The smallest absolute Gasteiger partial charge is 0.103 e. The van der Waals surface area contributed by atoms with Crippen LogP contribution in [0.5, 0.6) is 0 Å². The predicted molar refractivity (Wildman–Crippen MR) is 97.1 cm³/mol. The summed E-state index contributed by atoms with van der Waals surface area (Å²) in [5.41, 5.74) is 5.73. The number of H-pyrrole nitrogens is 2. The minimum absolute atomic E-state index is 0.557. The van der Waals surface area contributed by atoms with Crippen LogP contribution in [0.4, 0.5) is 0 Å². The molecule has 1 fully saturated rings. The van der Waals surface area contributed by atoms with Gasteiger partial charge in [0.25, 0.3) is 0 Å². The minimum atomic E-state index is 0.557. The summed E-state index contributed by atoms with van der Waals surface area (Å²) in [6, 6.07) is 6.18. The van der Waals surface area contributed by atoms with E-state index in [1.165, 1.54) is 17.1 Å². The first kappa shape index (κ1) is 16.0. The van der Waals surface area contributed by atoms with Crippen molar-refractivity contribution in [2.45, 2.75) is 39.2 Å². The maximum absolute atomic E-state index is 4.60. The monoisotopic (exact) mass is 336 g/mol. The van der Waals surface area contributed by atoms with Crippen LogP contribution in [0.25, 0.3) is 11.3 Å². The lowest BCUT2D eigenvalue weighted by Crippen LogP contribution is -2.32. The van der Waals surface area contributed by atoms with Crippen molar-refractivity contribution in [1.82, 2.24) is 30.0 Å². The summed E-state index contributed by atoms with van der Waals surface area (Å²) >= 11 is 0. The summed E-state index contributed by atoms with van der Waals surface area (Å²) < 4.78 is 0. The number of rotatable bonds is 4. The standard InChI is InChI=1S/C19H24N6/c1-13-19(22-14(2)21-13)12-25-9-5-16(6-10-25)18-11-17(23-24-18)15-3-7-20-8-4-15/h3-4,7-8,11,16H,5-6,9-10,12H2,1-2H3,(H,21,22)(H,23,24). The van der Waals surface area contributed by atoms with Crippen molar-refractivity contribution in [2.75, 3.05) is 13.1 Å². The van der Waals surface area contributed by atoms with E-state index in [2.05, 4.69) is 43.0 Å². The number of aromatic nitrogens is 5. The second kappa shape index (κ2) is 6.80. The van der Waals surface area contributed by atoms with Crippen molar-refractivity contribution in [3.05, 3.63) is 53.5 Å². The molecule has 0 bridgehead atoms. The fourth-order valence-electron chi connectivity index (χ4n) is 3.64. The highest BCUT2D eigenvalue weighted by Crippen LogP contribution is 2.29. The molecule has 6 heteroatoms. The van der Waals surface area contributed by atoms with Gasteiger partial charge in [-0.2, -0.15) is 5.10 Å². The minimum Gasteiger partial charge on any atom is -0.346 e. The second-order valence-corrected chi connectivity index (χ2v) is 6.89. The van der Waals surface area contributed by atoms with Crippen LogP contribution in [0.15, 0.2) is 30.6 Å². The third kappa shape index (κ3) is 3.49. The molecule has 0 atom stereocenters. The highest BCUT2D eigenvalue weighted by atomic mass is 15.2. The number of aryl methyl sites for hydroxylation is 2. The number of hydrogen-bond donors (Lipinski definition) is 2. The molecule has 3 aromatic heterocycles. The lowest BCUT2D eigenvalue weighted by atomic mass is 9.93. The zero-order valence-electron chi connectivity index (χ0n) is 14.8. The zero-order chi connectivity index (χ0) is 17.2. The van der Waals surface area contributed by atoms with Crippen LogP contribution in [0.1, 0.15) is 41.7 Å². The highest BCUT2D eigenvalue weighted by Gasteiger charge is 2.23. The van der Waals surface area contributed by atoms with Gasteiger partial charge in [-0.3, -0.25) is 15.0 Å². The zero-order valence-corrected chi connectivity index (χ0v) is 14.8. The van der Waals surface area contributed by atoms with Crippen LogP contribution >= 0.6 is 0 Å². The predicted octanol–water partition coefficient (Wildman–Crippen LogP) is 3.19. The van der Waals surface area contributed by atoms with Crippen LogP contribution in [0, 0.1) is 13.8 Å². The second-order valence-electron chi connectivity index (χ2n) is 6.89. The van der Waals surface area contributed by atoms with Gasteiger partial charge in [-0.1, -0.05) is 0 Å². The molecular weight excluding hydrogens is 312 g/mol. The van der Waals surface area contributed by atoms with Gasteiger partial charge in [0.05, 0.1) is 11.4 Å². The molecular formula is C19H24N6. The number of aromatic amines is 2. The summed E-state index contributed by atoms with van der Waals surface area (Å²) in [5, 5.41) is 7.73. The summed E-state index contributed by atoms with van der Waals surface area (Å²) in [4.78, 5) is 14.5. The third-order valence-electron chi connectivity index (χ3n) is 5.08. The molecule has 3 aromatic rings. The van der Waals surface area contributed by atoms with Crippen molar-refractivity contribution < 1.29 is 0 Å². The van der Waals surface area contributed by atoms with E-state index in [4.69, 9.17) is 0 Å². The summed E-state index contributed by atoms with van der Waals surface area (Å²) in [5.74, 6) is 1.56. The molecule has 0 amide bonds. The molecule has 130 valence electrons. The molecule has 1 saturated heterocycles. The van der Waals surface area contributed by atoms with Crippen LogP contribution < -0.4 is 0 Å². The Bertz CT molecular complexity index is 827. The number of nitrogens with zero attached hydrogens (tertiary/aromatic N) is 4. The Hall–Kier alpha value is -2.47. The molecule has 0 spiro atoms. The van der Waals surface area contributed by atoms with E-state index >= 15 is 0 Å². The van der Waals surface area contributed by atoms with Crippen LogP contribution in [-0.2, 0) is 6.54 Å². The van der Waals surface area contributed by atoms with Crippen LogP contribution in [0.2, 0.25) is 0 Å². The Morgan fingerprint density at radius 2 is 1.92 bits per heavy atom. The Kier molecular flexibility index (Phi) is 4.36. The number of hydrogen-bond acceptors (Lipinski definition) is 4. The maximum atomic E-state index is 4.60. The van der Waals surface area contributed by atoms with Gasteiger partial charge in [-0.15, -0.1) is 0 Å². The highest BCUT2D eigenvalue weighted by molar-refractivity contribution is 5.58. The largest absolute Gasteiger partial charge is 0.346 e. The molecule has 0 aromatic carbocycles. The van der Waals surface area contributed by atoms with Crippen molar-refractivity contribution in [2.24, 2.45) is 0 Å². The molecule has 2 N–H and O–H groups in total. The van der Waals surface area contributed by atoms with Crippen LogP contribution in [-0.4, -0.2) is 43.1 Å². The number of likely N-dealkylation sites (tertiary alicyclic amines) is 1. The number of pyridine rings is 1. The van der Waals surface area contributed by atoms with Gasteiger partial charge < -0.3 is 4.98 Å². The fourth-order valence-corrected chi connectivity index (χ4v) is 3.64. The number of piperidine rings is 1. The molecule has 0 aliphatic carbocycles. The molecule has 4 heterocycles. The summed E-state index contributed by atoms with van der Waals surface area (Å²) in [7, 11) is 0. The van der Waals surface area contributed by atoms with Crippen molar-refractivity contribution >= 4 is 0 Å². The Morgan fingerprint density at radius 1 is 1.16 bits per heavy atom. The Balaban J connectivity index is 1.37. The van der Waals surface area contributed by atoms with Gasteiger partial charge in [-0.25, -0.2) is 4.98 Å². The van der Waals surface area contributed by atoms with Crippen molar-refractivity contribution in [3.63, 3.8) is 0 Å². The van der Waals surface area contributed by atoms with Gasteiger partial charge in [0.1, 0.15) is 5.82 Å². The summed E-state index contributed by atoms with van der Waals surface area (Å²) in [6.45, 7) is 7.25. The Labute approximate surface area is 147 Å². The number of nitrogens with one attached hydrogen (secondary N) is 2. The van der Waals surface area contributed by atoms with E-state index in [1.54, 1.807) is 12.4 Å². The van der Waals surface area contributed by atoms with Gasteiger partial charge in [0.15, 0.2) is 0 Å². The molecule has 1 aliphatic rings. The summed E-state index contributed by atoms with van der Waals surface area (Å²) in [6.07, 6.45) is 5.92.